The molecule has 0 radical (unpaired) electrons. The van der Waals surface area contributed by atoms with Gasteiger partial charge in [-0.1, -0.05) is 48.5 Å². The number of anilines is 1. The number of hydrogen-bond donors (Lipinski definition) is 2. The van der Waals surface area contributed by atoms with Crippen molar-refractivity contribution in [3.05, 3.63) is 101 Å². The molecule has 0 bridgehead atoms. The molecule has 0 atom stereocenters. The molecular weight excluding hydrogens is 456 g/mol. The Kier molecular flexibility index (Phi) is 6.25. The average Bonchev–Trinajstić information content (AvgIpc) is 3.37. The number of aliphatic imine (C=N–C) groups is 1. The van der Waals surface area contributed by atoms with Gasteiger partial charge in [0.15, 0.2) is 5.17 Å². The Morgan fingerprint density at radius 1 is 1.03 bits per heavy atom. The van der Waals surface area contributed by atoms with Gasteiger partial charge in [0, 0.05) is 28.4 Å². The van der Waals surface area contributed by atoms with E-state index in [1.165, 1.54) is 11.8 Å². The number of carbonyl (C=O) groups excluding carboxylic acids is 2. The number of amidine groups is 1. The molecule has 3 aromatic carbocycles. The monoisotopic (exact) mass is 480 g/mol. The highest BCUT2D eigenvalue weighted by Crippen LogP contribution is 2.32. The lowest BCUT2D eigenvalue weighted by Crippen LogP contribution is -2.19. The van der Waals surface area contributed by atoms with Gasteiger partial charge in [0.05, 0.1) is 10.6 Å². The first kappa shape index (κ1) is 22.7. The molecule has 0 unspecified atom stereocenters. The zero-order valence-electron chi connectivity index (χ0n) is 19.4. The molecule has 35 heavy (non-hydrogen) atoms. The number of carbonyl (C=O) groups is 2. The summed E-state index contributed by atoms with van der Waals surface area (Å²) in [5.74, 6) is -0.301. The molecule has 4 aromatic rings. The zero-order valence-corrected chi connectivity index (χ0v) is 20.2. The summed E-state index contributed by atoms with van der Waals surface area (Å²) >= 11 is 1.32. The predicted octanol–water partition coefficient (Wildman–Crippen LogP) is 5.79. The first-order valence-corrected chi connectivity index (χ1v) is 12.1. The molecule has 2 amide bonds. The maximum absolute atomic E-state index is 12.7. The third-order valence-corrected chi connectivity index (χ3v) is 6.84. The molecule has 1 aromatic heterocycles. The molecule has 6 nitrogen and oxygen atoms in total. The molecule has 0 aliphatic carbocycles. The van der Waals surface area contributed by atoms with Crippen LogP contribution in [0.1, 0.15) is 16.7 Å². The van der Waals surface area contributed by atoms with Gasteiger partial charge in [0.2, 0.25) is 5.91 Å². The molecule has 5 rings (SSSR count). The minimum atomic E-state index is -0.183. The summed E-state index contributed by atoms with van der Waals surface area (Å²) in [5.41, 5.74) is 5.64. The lowest BCUT2D eigenvalue weighted by molar-refractivity contribution is -0.117. The second kappa shape index (κ2) is 9.64. The van der Waals surface area contributed by atoms with Crippen molar-refractivity contribution in [3.8, 4) is 0 Å². The Morgan fingerprint density at radius 3 is 2.63 bits per heavy atom. The number of aryl methyl sites for hydroxylation is 1. The lowest BCUT2D eigenvalue weighted by atomic mass is 10.1. The minimum absolute atomic E-state index is 0.118. The van der Waals surface area contributed by atoms with Gasteiger partial charge < -0.3 is 15.2 Å². The first-order chi connectivity index (χ1) is 17.0. The Hall–Kier alpha value is -4.10. The van der Waals surface area contributed by atoms with Crippen LogP contribution < -0.4 is 10.6 Å². The highest BCUT2D eigenvalue weighted by molar-refractivity contribution is 8.18. The van der Waals surface area contributed by atoms with E-state index in [9.17, 15) is 9.59 Å². The van der Waals surface area contributed by atoms with Crippen LogP contribution in [-0.2, 0) is 16.1 Å². The summed E-state index contributed by atoms with van der Waals surface area (Å²) in [6.07, 6.45) is 3.77. The van der Waals surface area contributed by atoms with Gasteiger partial charge in [-0.25, -0.2) is 4.99 Å². The number of fused-ring (bicyclic) bond motifs is 1. The summed E-state index contributed by atoms with van der Waals surface area (Å²) in [5, 5.41) is 7.32. The van der Waals surface area contributed by atoms with Gasteiger partial charge >= 0.3 is 0 Å². The van der Waals surface area contributed by atoms with Crippen molar-refractivity contribution in [1.82, 2.24) is 9.88 Å². The van der Waals surface area contributed by atoms with E-state index in [0.29, 0.717) is 10.1 Å². The van der Waals surface area contributed by atoms with Crippen molar-refractivity contribution in [2.75, 3.05) is 5.32 Å². The van der Waals surface area contributed by atoms with E-state index in [-0.39, 0.29) is 18.4 Å². The molecule has 0 saturated carbocycles. The Labute approximate surface area is 207 Å². The topological polar surface area (TPSA) is 75.5 Å². The fraction of sp³-hybridized carbons (Fsp3) is 0.107. The number of benzene rings is 3. The zero-order chi connectivity index (χ0) is 24.4. The van der Waals surface area contributed by atoms with Crippen molar-refractivity contribution in [2.24, 2.45) is 4.99 Å². The summed E-state index contributed by atoms with van der Waals surface area (Å²) in [6.45, 7) is 4.23. The number of thioether (sulfide) groups is 1. The summed E-state index contributed by atoms with van der Waals surface area (Å²) in [6, 6.07) is 23.2. The van der Waals surface area contributed by atoms with E-state index in [1.54, 1.807) is 0 Å². The number of amides is 2. The largest absolute Gasteiger partial charge is 0.337 e. The third kappa shape index (κ3) is 4.90. The highest BCUT2D eigenvalue weighted by Gasteiger charge is 2.25. The maximum Gasteiger partial charge on any atom is 0.264 e. The van der Waals surface area contributed by atoms with Crippen molar-refractivity contribution >= 4 is 57.1 Å². The molecule has 2 N–H and O–H groups in total. The van der Waals surface area contributed by atoms with Crippen LogP contribution in [0.25, 0.3) is 17.0 Å². The molecule has 1 aliphatic rings. The van der Waals surface area contributed by atoms with Gasteiger partial charge in [-0.2, -0.15) is 0 Å². The summed E-state index contributed by atoms with van der Waals surface area (Å²) < 4.78 is 1.91. The molecule has 1 aliphatic heterocycles. The smallest absolute Gasteiger partial charge is 0.264 e. The normalized spacial score (nSPS) is 15.7. The molecular formula is C28H24N4O2S. The Morgan fingerprint density at radius 2 is 1.80 bits per heavy atom. The van der Waals surface area contributed by atoms with Crippen molar-refractivity contribution in [3.63, 3.8) is 0 Å². The van der Waals surface area contributed by atoms with E-state index in [0.717, 1.165) is 39.0 Å². The maximum atomic E-state index is 12.7. The van der Waals surface area contributed by atoms with E-state index < -0.39 is 0 Å². The van der Waals surface area contributed by atoms with E-state index in [4.69, 9.17) is 0 Å². The fourth-order valence-corrected chi connectivity index (χ4v) is 4.81. The minimum Gasteiger partial charge on any atom is -0.337 e. The second-order valence-electron chi connectivity index (χ2n) is 8.34. The van der Waals surface area contributed by atoms with Crippen LogP contribution in [0.4, 0.5) is 11.4 Å². The van der Waals surface area contributed by atoms with Crippen LogP contribution in [0.5, 0.6) is 0 Å². The van der Waals surface area contributed by atoms with Crippen LogP contribution in [0.15, 0.2) is 88.9 Å². The van der Waals surface area contributed by atoms with Gasteiger partial charge in [-0.05, 0) is 67.1 Å². The summed E-state index contributed by atoms with van der Waals surface area (Å²) in [4.78, 5) is 30.6. The predicted molar refractivity (Wildman–Crippen MR) is 144 cm³/mol. The SMILES string of the molecule is Cc1cccc(N=C2NC(=O)/C(=C\c3cn(CC(=O)Nc4ccccc4)c4ccccc34)S2)c1C. The summed E-state index contributed by atoms with van der Waals surface area (Å²) in [7, 11) is 0. The van der Waals surface area contributed by atoms with Gasteiger partial charge in [0.1, 0.15) is 6.54 Å². The van der Waals surface area contributed by atoms with Gasteiger partial charge in [0.25, 0.3) is 5.91 Å². The number of para-hydroxylation sites is 2. The van der Waals surface area contributed by atoms with E-state index >= 15 is 0 Å². The standard InChI is InChI=1S/C28H24N4O2S/c1-18-9-8-13-23(19(18)2)30-28-31-27(34)25(35-28)15-20-16-32(24-14-7-6-12-22(20)24)17-26(33)29-21-10-4-3-5-11-21/h3-16H,17H2,1-2H3,(H,29,33)(H,30,31,34)/b25-15+. The van der Waals surface area contributed by atoms with Crippen molar-refractivity contribution in [1.29, 1.82) is 0 Å². The van der Waals surface area contributed by atoms with E-state index in [2.05, 4.69) is 15.6 Å². The molecule has 174 valence electrons. The Bertz CT molecular complexity index is 1500. The van der Waals surface area contributed by atoms with Crippen LogP contribution in [0.2, 0.25) is 0 Å². The van der Waals surface area contributed by atoms with Crippen molar-refractivity contribution in [2.45, 2.75) is 20.4 Å². The molecule has 2 heterocycles. The first-order valence-electron chi connectivity index (χ1n) is 11.3. The van der Waals surface area contributed by atoms with Crippen LogP contribution in [0, 0.1) is 13.8 Å². The number of hydrogen-bond acceptors (Lipinski definition) is 4. The molecule has 1 fully saturated rings. The molecule has 0 spiro atoms. The van der Waals surface area contributed by atoms with Gasteiger partial charge in [-0.3, -0.25) is 9.59 Å². The fourth-order valence-electron chi connectivity index (χ4n) is 3.99. The van der Waals surface area contributed by atoms with E-state index in [1.807, 2.05) is 103 Å². The van der Waals surface area contributed by atoms with Gasteiger partial charge in [-0.15, -0.1) is 0 Å². The quantitative estimate of drug-likeness (QED) is 0.355. The number of nitrogens with one attached hydrogen (secondary N) is 2. The van der Waals surface area contributed by atoms with Crippen LogP contribution >= 0.6 is 11.8 Å². The average molecular weight is 481 g/mol. The van der Waals surface area contributed by atoms with Crippen molar-refractivity contribution < 1.29 is 9.59 Å². The van der Waals surface area contributed by atoms with Crippen LogP contribution in [-0.4, -0.2) is 21.5 Å². The number of nitrogens with zero attached hydrogens (tertiary/aromatic N) is 2. The molecule has 7 heteroatoms. The number of rotatable bonds is 5. The molecule has 1 saturated heterocycles. The lowest BCUT2D eigenvalue weighted by Gasteiger charge is -2.07. The Balaban J connectivity index is 1.41. The third-order valence-electron chi connectivity index (χ3n) is 5.93. The number of aromatic nitrogens is 1. The van der Waals surface area contributed by atoms with Crippen LogP contribution in [0.3, 0.4) is 0 Å². The highest BCUT2D eigenvalue weighted by atomic mass is 32.2. The second-order valence-corrected chi connectivity index (χ2v) is 9.38.